The Kier molecular flexibility index (Phi) is 5.48. The molecule has 1 aromatic carbocycles. The van der Waals surface area contributed by atoms with Crippen LogP contribution < -0.4 is 5.73 Å². The number of likely N-dealkylation sites (tertiary alicyclic amines) is 1. The third-order valence-electron chi connectivity index (χ3n) is 5.02. The van der Waals surface area contributed by atoms with Crippen LogP contribution in [0.2, 0.25) is 5.02 Å². The Bertz CT molecular complexity index is 406. The molecule has 0 bridgehead atoms. The van der Waals surface area contributed by atoms with E-state index in [2.05, 4.69) is 30.9 Å². The molecule has 0 aromatic heterocycles. The fourth-order valence-electron chi connectivity index (χ4n) is 3.68. The van der Waals surface area contributed by atoms with Crippen molar-refractivity contribution in [3.05, 3.63) is 34.9 Å². The molecule has 1 saturated heterocycles. The summed E-state index contributed by atoms with van der Waals surface area (Å²) in [5, 5.41) is 0.791. The molecule has 0 saturated carbocycles. The Morgan fingerprint density at radius 1 is 1.15 bits per heavy atom. The molecule has 0 spiro atoms. The van der Waals surface area contributed by atoms with Crippen LogP contribution in [-0.4, -0.2) is 29.6 Å². The van der Waals surface area contributed by atoms with Gasteiger partial charge >= 0.3 is 0 Å². The normalized spacial score (nSPS) is 18.4. The van der Waals surface area contributed by atoms with Crippen molar-refractivity contribution in [2.45, 2.75) is 57.5 Å². The number of hydrogen-bond acceptors (Lipinski definition) is 2. The molecule has 0 aliphatic carbocycles. The van der Waals surface area contributed by atoms with Gasteiger partial charge in [-0.25, -0.2) is 0 Å². The van der Waals surface area contributed by atoms with Crippen LogP contribution in [-0.2, 0) is 6.42 Å². The number of rotatable bonds is 6. The molecule has 1 heterocycles. The van der Waals surface area contributed by atoms with Crippen molar-refractivity contribution < 1.29 is 0 Å². The second-order valence-corrected chi connectivity index (χ2v) is 6.38. The molecule has 112 valence electrons. The summed E-state index contributed by atoms with van der Waals surface area (Å²) in [5.41, 5.74) is 8.08. The molecule has 2 rings (SSSR count). The van der Waals surface area contributed by atoms with Crippen LogP contribution in [0, 0.1) is 0 Å². The van der Waals surface area contributed by atoms with E-state index in [4.69, 9.17) is 17.3 Å². The number of nitrogens with zero attached hydrogens (tertiary/aromatic N) is 1. The van der Waals surface area contributed by atoms with Gasteiger partial charge in [0.05, 0.1) is 0 Å². The van der Waals surface area contributed by atoms with E-state index in [1.165, 1.54) is 31.5 Å². The summed E-state index contributed by atoms with van der Waals surface area (Å²) >= 11 is 5.96. The zero-order chi connectivity index (χ0) is 14.6. The number of halogens is 1. The molecule has 1 aromatic rings. The van der Waals surface area contributed by atoms with Crippen molar-refractivity contribution in [2.75, 3.05) is 13.1 Å². The topological polar surface area (TPSA) is 29.3 Å². The van der Waals surface area contributed by atoms with Crippen molar-refractivity contribution >= 4 is 11.6 Å². The average molecular weight is 295 g/mol. The molecular formula is C17H27ClN2. The maximum atomic E-state index is 6.65. The highest BCUT2D eigenvalue weighted by Crippen LogP contribution is 2.32. The van der Waals surface area contributed by atoms with E-state index in [1.54, 1.807) is 0 Å². The molecular weight excluding hydrogens is 268 g/mol. The van der Waals surface area contributed by atoms with Gasteiger partial charge in [-0.2, -0.15) is 0 Å². The standard InChI is InChI=1S/C17H27ClN2/c1-3-17(4-2,20-11-5-6-12-20)16(19)13-14-7-9-15(18)10-8-14/h7-10,16H,3-6,11-13,19H2,1-2H3. The molecule has 0 radical (unpaired) electrons. The predicted octanol–water partition coefficient (Wildman–Crippen LogP) is 3.86. The van der Waals surface area contributed by atoms with Gasteiger partial charge in [-0.15, -0.1) is 0 Å². The molecule has 0 amide bonds. The van der Waals surface area contributed by atoms with Crippen LogP contribution in [0.3, 0.4) is 0 Å². The summed E-state index contributed by atoms with van der Waals surface area (Å²) in [6, 6.07) is 8.29. The Hall–Kier alpha value is -0.570. The van der Waals surface area contributed by atoms with E-state index in [0.29, 0.717) is 0 Å². The van der Waals surface area contributed by atoms with Crippen LogP contribution in [0.1, 0.15) is 45.1 Å². The maximum Gasteiger partial charge on any atom is 0.0406 e. The highest BCUT2D eigenvalue weighted by Gasteiger charge is 2.40. The van der Waals surface area contributed by atoms with Gasteiger partial charge in [0.1, 0.15) is 0 Å². The zero-order valence-electron chi connectivity index (χ0n) is 12.7. The van der Waals surface area contributed by atoms with E-state index < -0.39 is 0 Å². The Morgan fingerprint density at radius 3 is 2.20 bits per heavy atom. The van der Waals surface area contributed by atoms with Crippen LogP contribution in [0.4, 0.5) is 0 Å². The predicted molar refractivity (Wildman–Crippen MR) is 87.3 cm³/mol. The van der Waals surface area contributed by atoms with Crippen molar-refractivity contribution in [3.63, 3.8) is 0 Å². The summed E-state index contributed by atoms with van der Waals surface area (Å²) in [5.74, 6) is 0. The minimum Gasteiger partial charge on any atom is -0.326 e. The monoisotopic (exact) mass is 294 g/mol. The summed E-state index contributed by atoms with van der Waals surface area (Å²) in [6.45, 7) is 6.97. The van der Waals surface area contributed by atoms with Gasteiger partial charge in [-0.1, -0.05) is 37.6 Å². The summed E-state index contributed by atoms with van der Waals surface area (Å²) in [7, 11) is 0. The average Bonchev–Trinajstić information content (AvgIpc) is 2.98. The number of hydrogen-bond donors (Lipinski definition) is 1. The van der Waals surface area contributed by atoms with Gasteiger partial charge in [-0.3, -0.25) is 4.90 Å². The first kappa shape index (κ1) is 15.8. The lowest BCUT2D eigenvalue weighted by atomic mass is 9.80. The smallest absolute Gasteiger partial charge is 0.0406 e. The third kappa shape index (κ3) is 3.19. The second-order valence-electron chi connectivity index (χ2n) is 5.94. The molecule has 1 unspecified atom stereocenters. The van der Waals surface area contributed by atoms with E-state index >= 15 is 0 Å². The van der Waals surface area contributed by atoms with Crippen molar-refractivity contribution in [2.24, 2.45) is 5.73 Å². The Morgan fingerprint density at radius 2 is 1.70 bits per heavy atom. The molecule has 2 nitrogen and oxygen atoms in total. The zero-order valence-corrected chi connectivity index (χ0v) is 13.5. The largest absolute Gasteiger partial charge is 0.326 e. The third-order valence-corrected chi connectivity index (χ3v) is 5.27. The van der Waals surface area contributed by atoms with Gasteiger partial charge in [0.25, 0.3) is 0 Å². The number of nitrogens with two attached hydrogens (primary N) is 1. The van der Waals surface area contributed by atoms with Crippen LogP contribution in [0.5, 0.6) is 0 Å². The van der Waals surface area contributed by atoms with Crippen molar-refractivity contribution in [1.29, 1.82) is 0 Å². The molecule has 3 heteroatoms. The summed E-state index contributed by atoms with van der Waals surface area (Å²) in [4.78, 5) is 2.63. The highest BCUT2D eigenvalue weighted by molar-refractivity contribution is 6.30. The number of benzene rings is 1. The second kappa shape index (κ2) is 6.93. The van der Waals surface area contributed by atoms with E-state index in [1.807, 2.05) is 12.1 Å². The van der Waals surface area contributed by atoms with E-state index in [9.17, 15) is 0 Å². The molecule has 1 aliphatic heterocycles. The first-order chi connectivity index (χ1) is 9.62. The minimum atomic E-state index is 0.149. The first-order valence-corrected chi connectivity index (χ1v) is 8.25. The van der Waals surface area contributed by atoms with Gasteiger partial charge in [0, 0.05) is 16.6 Å². The Balaban J connectivity index is 2.13. The summed E-state index contributed by atoms with van der Waals surface area (Å²) < 4.78 is 0. The minimum absolute atomic E-state index is 0.149. The van der Waals surface area contributed by atoms with Crippen LogP contribution in [0.25, 0.3) is 0 Å². The Labute approximate surface area is 128 Å². The lowest BCUT2D eigenvalue weighted by Gasteiger charge is -2.45. The molecule has 1 aliphatic rings. The van der Waals surface area contributed by atoms with Crippen molar-refractivity contribution in [1.82, 2.24) is 4.90 Å². The van der Waals surface area contributed by atoms with E-state index in [0.717, 1.165) is 24.3 Å². The van der Waals surface area contributed by atoms with Gasteiger partial charge < -0.3 is 5.73 Å². The van der Waals surface area contributed by atoms with Gasteiger partial charge in [-0.05, 0) is 62.9 Å². The SMILES string of the molecule is CCC(CC)(C(N)Cc1ccc(Cl)cc1)N1CCCC1. The highest BCUT2D eigenvalue weighted by atomic mass is 35.5. The van der Waals surface area contributed by atoms with Crippen molar-refractivity contribution in [3.8, 4) is 0 Å². The lowest BCUT2D eigenvalue weighted by Crippen LogP contribution is -2.59. The fraction of sp³-hybridized carbons (Fsp3) is 0.647. The van der Waals surface area contributed by atoms with Crippen LogP contribution in [0.15, 0.2) is 24.3 Å². The molecule has 1 fully saturated rings. The molecule has 1 atom stereocenters. The molecule has 2 N–H and O–H groups in total. The first-order valence-electron chi connectivity index (χ1n) is 7.87. The van der Waals surface area contributed by atoms with E-state index in [-0.39, 0.29) is 11.6 Å². The van der Waals surface area contributed by atoms with Gasteiger partial charge in [0.15, 0.2) is 0 Å². The molecule has 20 heavy (non-hydrogen) atoms. The van der Waals surface area contributed by atoms with Gasteiger partial charge in [0.2, 0.25) is 0 Å². The summed E-state index contributed by atoms with van der Waals surface area (Å²) in [6.07, 6.45) is 5.80. The maximum absolute atomic E-state index is 6.65. The fourth-order valence-corrected chi connectivity index (χ4v) is 3.81. The lowest BCUT2D eigenvalue weighted by molar-refractivity contribution is 0.0768. The van der Waals surface area contributed by atoms with Crippen LogP contribution >= 0.6 is 11.6 Å². The quantitative estimate of drug-likeness (QED) is 0.863.